The van der Waals surface area contributed by atoms with Crippen LogP contribution in [0.1, 0.15) is 16.7 Å². The summed E-state index contributed by atoms with van der Waals surface area (Å²) in [4.78, 5) is 12.2. The summed E-state index contributed by atoms with van der Waals surface area (Å²) in [5, 5.41) is 6.12. The van der Waals surface area contributed by atoms with Crippen molar-refractivity contribution in [3.63, 3.8) is 0 Å². The lowest BCUT2D eigenvalue weighted by molar-refractivity contribution is -0.114. The summed E-state index contributed by atoms with van der Waals surface area (Å²) < 4.78 is 5.79. The number of ether oxygens (including phenoxy) is 1. The minimum absolute atomic E-state index is 0.0689. The smallest absolute Gasteiger partial charge is 0.243 e. The molecule has 3 rings (SSSR count). The molecular formula is C24H26N2O2. The van der Waals surface area contributed by atoms with Crippen molar-refractivity contribution in [3.8, 4) is 5.75 Å². The highest BCUT2D eigenvalue weighted by Gasteiger charge is 2.07. The van der Waals surface area contributed by atoms with Crippen LogP contribution in [-0.2, 0) is 11.2 Å². The van der Waals surface area contributed by atoms with E-state index in [4.69, 9.17) is 4.74 Å². The number of carbonyl (C=O) groups excluding carboxylic acids is 1. The van der Waals surface area contributed by atoms with E-state index < -0.39 is 0 Å². The molecule has 0 heterocycles. The zero-order valence-electron chi connectivity index (χ0n) is 16.4. The van der Waals surface area contributed by atoms with E-state index in [1.54, 1.807) is 0 Å². The van der Waals surface area contributed by atoms with Gasteiger partial charge in [0.2, 0.25) is 5.91 Å². The Balaban J connectivity index is 1.44. The van der Waals surface area contributed by atoms with E-state index in [0.29, 0.717) is 6.61 Å². The molecule has 0 bridgehead atoms. The van der Waals surface area contributed by atoms with Crippen molar-refractivity contribution < 1.29 is 9.53 Å². The molecule has 4 nitrogen and oxygen atoms in total. The number of nitrogens with one attached hydrogen (secondary N) is 2. The van der Waals surface area contributed by atoms with Crippen molar-refractivity contribution in [2.75, 3.05) is 23.8 Å². The molecule has 0 atom stereocenters. The van der Waals surface area contributed by atoms with Crippen molar-refractivity contribution in [1.82, 2.24) is 0 Å². The Morgan fingerprint density at radius 1 is 0.857 bits per heavy atom. The maximum absolute atomic E-state index is 12.2. The third-order valence-corrected chi connectivity index (χ3v) is 4.56. The lowest BCUT2D eigenvalue weighted by Crippen LogP contribution is -2.22. The number of aryl methyl sites for hydroxylation is 2. The molecule has 4 heteroatoms. The van der Waals surface area contributed by atoms with Gasteiger partial charge in [0.15, 0.2) is 0 Å². The molecular weight excluding hydrogens is 348 g/mol. The fraction of sp³-hybridized carbons (Fsp3) is 0.208. The van der Waals surface area contributed by atoms with Crippen LogP contribution in [0.2, 0.25) is 0 Å². The molecule has 0 aliphatic rings. The Labute approximate surface area is 166 Å². The van der Waals surface area contributed by atoms with Gasteiger partial charge in [0.1, 0.15) is 5.75 Å². The van der Waals surface area contributed by atoms with E-state index in [0.717, 1.165) is 34.7 Å². The molecule has 1 amide bonds. The molecule has 0 unspecified atom stereocenters. The van der Waals surface area contributed by atoms with Gasteiger partial charge in [0, 0.05) is 17.8 Å². The van der Waals surface area contributed by atoms with Gasteiger partial charge in [-0.1, -0.05) is 48.5 Å². The van der Waals surface area contributed by atoms with Crippen molar-refractivity contribution in [2.45, 2.75) is 20.3 Å². The summed E-state index contributed by atoms with van der Waals surface area (Å²) in [6.07, 6.45) is 0.874. The fourth-order valence-electron chi connectivity index (χ4n) is 2.98. The van der Waals surface area contributed by atoms with Gasteiger partial charge in [-0.25, -0.2) is 0 Å². The molecule has 3 aromatic carbocycles. The Hall–Kier alpha value is -3.27. The Kier molecular flexibility index (Phi) is 6.68. The number of rotatable bonds is 8. The van der Waals surface area contributed by atoms with Crippen molar-refractivity contribution >= 4 is 17.3 Å². The maximum Gasteiger partial charge on any atom is 0.243 e. The molecule has 0 aromatic heterocycles. The number of benzene rings is 3. The zero-order valence-corrected chi connectivity index (χ0v) is 16.4. The van der Waals surface area contributed by atoms with Crippen LogP contribution in [0.3, 0.4) is 0 Å². The maximum atomic E-state index is 12.2. The largest absolute Gasteiger partial charge is 0.493 e. The summed E-state index contributed by atoms with van der Waals surface area (Å²) in [6, 6.07) is 23.9. The first-order valence-corrected chi connectivity index (χ1v) is 9.48. The second-order valence-electron chi connectivity index (χ2n) is 6.78. The van der Waals surface area contributed by atoms with Gasteiger partial charge in [0.05, 0.1) is 13.2 Å². The second-order valence-corrected chi connectivity index (χ2v) is 6.78. The van der Waals surface area contributed by atoms with Crippen LogP contribution < -0.4 is 15.4 Å². The molecule has 0 saturated carbocycles. The second kappa shape index (κ2) is 9.60. The first-order chi connectivity index (χ1) is 13.6. The summed E-state index contributed by atoms with van der Waals surface area (Å²) in [5.74, 6) is 0.752. The van der Waals surface area contributed by atoms with Gasteiger partial charge >= 0.3 is 0 Å². The highest BCUT2D eigenvalue weighted by molar-refractivity contribution is 5.95. The average molecular weight is 374 g/mol. The third-order valence-electron chi connectivity index (χ3n) is 4.56. The van der Waals surface area contributed by atoms with Crippen LogP contribution in [-0.4, -0.2) is 19.1 Å². The summed E-state index contributed by atoms with van der Waals surface area (Å²) in [6.45, 7) is 4.83. The van der Waals surface area contributed by atoms with Crippen molar-refractivity contribution in [2.24, 2.45) is 0 Å². The number of hydrogen-bond donors (Lipinski definition) is 2. The van der Waals surface area contributed by atoms with Gasteiger partial charge in [-0.2, -0.15) is 0 Å². The van der Waals surface area contributed by atoms with Crippen LogP contribution in [0.5, 0.6) is 5.75 Å². The van der Waals surface area contributed by atoms with Crippen LogP contribution in [0, 0.1) is 13.8 Å². The van der Waals surface area contributed by atoms with Crippen LogP contribution in [0.15, 0.2) is 72.8 Å². The number of carbonyl (C=O) groups is 1. The summed E-state index contributed by atoms with van der Waals surface area (Å²) >= 11 is 0. The molecule has 0 spiro atoms. The SMILES string of the molecule is Cc1cccc(C)c1NC(=O)CNc1ccc(OCCc2ccccc2)cc1. The summed E-state index contributed by atoms with van der Waals surface area (Å²) in [5.41, 5.74) is 5.15. The van der Waals surface area contributed by atoms with E-state index in [2.05, 4.69) is 22.8 Å². The normalized spacial score (nSPS) is 10.4. The van der Waals surface area contributed by atoms with Gasteiger partial charge in [-0.15, -0.1) is 0 Å². The number of para-hydroxylation sites is 1. The number of hydrogen-bond acceptors (Lipinski definition) is 3. The number of anilines is 2. The van der Waals surface area contributed by atoms with E-state index in [1.807, 2.05) is 74.5 Å². The Bertz CT molecular complexity index is 885. The number of amides is 1. The van der Waals surface area contributed by atoms with E-state index >= 15 is 0 Å². The molecule has 2 N–H and O–H groups in total. The standard InChI is InChI=1S/C24H26N2O2/c1-18-7-6-8-19(2)24(18)26-23(27)17-25-21-11-13-22(14-12-21)28-16-15-20-9-4-3-5-10-20/h3-14,25H,15-17H2,1-2H3,(H,26,27). The molecule has 3 aromatic rings. The molecule has 0 radical (unpaired) electrons. The molecule has 0 aliphatic carbocycles. The van der Waals surface area contributed by atoms with Crippen molar-refractivity contribution in [3.05, 3.63) is 89.5 Å². The Morgan fingerprint density at radius 3 is 2.21 bits per heavy atom. The topological polar surface area (TPSA) is 50.4 Å². The van der Waals surface area contributed by atoms with Crippen molar-refractivity contribution in [1.29, 1.82) is 0 Å². The highest BCUT2D eigenvalue weighted by Crippen LogP contribution is 2.19. The van der Waals surface area contributed by atoms with Gasteiger partial charge in [0.25, 0.3) is 0 Å². The van der Waals surface area contributed by atoms with Gasteiger partial charge in [-0.3, -0.25) is 4.79 Å². The monoisotopic (exact) mass is 374 g/mol. The first-order valence-electron chi connectivity index (χ1n) is 9.48. The molecule has 0 saturated heterocycles. The predicted molar refractivity (Wildman–Crippen MR) is 115 cm³/mol. The third kappa shape index (κ3) is 5.61. The lowest BCUT2D eigenvalue weighted by atomic mass is 10.1. The van der Waals surface area contributed by atoms with Crippen LogP contribution in [0.4, 0.5) is 11.4 Å². The van der Waals surface area contributed by atoms with Crippen LogP contribution in [0.25, 0.3) is 0 Å². The summed E-state index contributed by atoms with van der Waals surface area (Å²) in [7, 11) is 0. The fourth-order valence-corrected chi connectivity index (χ4v) is 2.98. The average Bonchev–Trinajstić information content (AvgIpc) is 2.71. The van der Waals surface area contributed by atoms with Gasteiger partial charge < -0.3 is 15.4 Å². The van der Waals surface area contributed by atoms with Crippen LogP contribution >= 0.6 is 0 Å². The van der Waals surface area contributed by atoms with Gasteiger partial charge in [-0.05, 0) is 54.8 Å². The highest BCUT2D eigenvalue weighted by atomic mass is 16.5. The molecule has 144 valence electrons. The Morgan fingerprint density at radius 2 is 1.54 bits per heavy atom. The molecule has 0 fully saturated rings. The van der Waals surface area contributed by atoms with E-state index in [1.165, 1.54) is 5.56 Å². The lowest BCUT2D eigenvalue weighted by Gasteiger charge is -2.12. The van der Waals surface area contributed by atoms with E-state index in [-0.39, 0.29) is 12.5 Å². The van der Waals surface area contributed by atoms with E-state index in [9.17, 15) is 4.79 Å². The minimum Gasteiger partial charge on any atom is -0.493 e. The minimum atomic E-state index is -0.0689. The first kappa shape index (κ1) is 19.5. The molecule has 28 heavy (non-hydrogen) atoms. The zero-order chi connectivity index (χ0) is 19.8. The quantitative estimate of drug-likeness (QED) is 0.585. The molecule has 0 aliphatic heterocycles. The predicted octanol–water partition coefficient (Wildman–Crippen LogP) is 4.98.